The maximum absolute atomic E-state index is 12.4. The molecule has 2 amide bonds. The number of anilines is 1. The molecule has 0 saturated heterocycles. The number of carbonyl (C=O) groups excluding carboxylic acids is 2. The van der Waals surface area contributed by atoms with Crippen LogP contribution in [0.25, 0.3) is 0 Å². The number of rotatable bonds is 8. The molecular formula is C22H26N2O4. The predicted octanol–water partition coefficient (Wildman–Crippen LogP) is 3.08. The van der Waals surface area contributed by atoms with Gasteiger partial charge >= 0.3 is 0 Å². The molecule has 1 fully saturated rings. The first kappa shape index (κ1) is 19.7. The van der Waals surface area contributed by atoms with Crippen molar-refractivity contribution in [2.24, 2.45) is 11.8 Å². The zero-order valence-corrected chi connectivity index (χ0v) is 16.5. The molecule has 2 atom stereocenters. The van der Waals surface area contributed by atoms with Gasteiger partial charge in [-0.15, -0.1) is 0 Å². The number of nitrogens with one attached hydrogen (secondary N) is 2. The Balaban J connectivity index is 1.38. The van der Waals surface area contributed by atoms with Gasteiger partial charge < -0.3 is 20.1 Å². The number of hydrogen-bond donors (Lipinski definition) is 2. The van der Waals surface area contributed by atoms with Crippen LogP contribution in [-0.4, -0.2) is 32.1 Å². The van der Waals surface area contributed by atoms with Crippen molar-refractivity contribution in [1.29, 1.82) is 0 Å². The van der Waals surface area contributed by atoms with Crippen LogP contribution in [0.3, 0.4) is 0 Å². The molecule has 1 saturated carbocycles. The second-order valence-corrected chi connectivity index (χ2v) is 7.07. The molecule has 6 heteroatoms. The molecule has 6 nitrogen and oxygen atoms in total. The molecule has 2 N–H and O–H groups in total. The Hall–Kier alpha value is -3.02. The van der Waals surface area contributed by atoms with E-state index in [0.29, 0.717) is 25.3 Å². The van der Waals surface area contributed by atoms with Gasteiger partial charge in [-0.2, -0.15) is 0 Å². The highest BCUT2D eigenvalue weighted by molar-refractivity contribution is 5.99. The number of methoxy groups -OCH3 is 1. The van der Waals surface area contributed by atoms with E-state index in [2.05, 4.69) is 10.6 Å². The van der Waals surface area contributed by atoms with E-state index in [0.717, 1.165) is 22.6 Å². The summed E-state index contributed by atoms with van der Waals surface area (Å²) in [4.78, 5) is 24.6. The Morgan fingerprint density at radius 2 is 1.68 bits per heavy atom. The van der Waals surface area contributed by atoms with Gasteiger partial charge in [0.15, 0.2) is 0 Å². The standard InChI is InChI=1S/C22H26N2O4/c1-14-4-9-20(15(2)12-14)24-22(26)19-13-18(19)21(25)23-10-11-28-17-7-5-16(27-3)6-8-17/h4-9,12,18-19H,10-11,13H2,1-3H3,(H,23,25)(H,24,26). The van der Waals surface area contributed by atoms with E-state index in [4.69, 9.17) is 9.47 Å². The fraction of sp³-hybridized carbons (Fsp3) is 0.364. The van der Waals surface area contributed by atoms with Gasteiger partial charge in [-0.25, -0.2) is 0 Å². The lowest BCUT2D eigenvalue weighted by Crippen LogP contribution is -2.31. The van der Waals surface area contributed by atoms with Crippen molar-refractivity contribution in [3.8, 4) is 11.5 Å². The van der Waals surface area contributed by atoms with Gasteiger partial charge in [0.25, 0.3) is 0 Å². The van der Waals surface area contributed by atoms with Gasteiger partial charge in [0, 0.05) is 5.69 Å². The van der Waals surface area contributed by atoms with Gasteiger partial charge in [-0.3, -0.25) is 9.59 Å². The van der Waals surface area contributed by atoms with E-state index in [1.54, 1.807) is 7.11 Å². The molecule has 0 aliphatic heterocycles. The highest BCUT2D eigenvalue weighted by atomic mass is 16.5. The highest BCUT2D eigenvalue weighted by Gasteiger charge is 2.47. The van der Waals surface area contributed by atoms with E-state index < -0.39 is 0 Å². The molecular weight excluding hydrogens is 356 g/mol. The van der Waals surface area contributed by atoms with Gasteiger partial charge in [0.1, 0.15) is 18.1 Å². The molecule has 0 bridgehead atoms. The number of hydrogen-bond acceptors (Lipinski definition) is 4. The third-order valence-electron chi connectivity index (χ3n) is 4.83. The summed E-state index contributed by atoms with van der Waals surface area (Å²) in [5.74, 6) is 0.766. The van der Waals surface area contributed by atoms with E-state index in [9.17, 15) is 9.59 Å². The minimum Gasteiger partial charge on any atom is -0.497 e. The maximum Gasteiger partial charge on any atom is 0.228 e. The molecule has 2 unspecified atom stereocenters. The zero-order chi connectivity index (χ0) is 20.1. The Kier molecular flexibility index (Phi) is 6.19. The average molecular weight is 382 g/mol. The van der Waals surface area contributed by atoms with Gasteiger partial charge in [-0.05, 0) is 56.2 Å². The lowest BCUT2D eigenvalue weighted by molar-refractivity contribution is -0.125. The largest absolute Gasteiger partial charge is 0.497 e. The first-order valence-corrected chi connectivity index (χ1v) is 9.40. The van der Waals surface area contributed by atoms with Crippen molar-refractivity contribution in [1.82, 2.24) is 5.32 Å². The molecule has 0 radical (unpaired) electrons. The van der Waals surface area contributed by atoms with Crippen LogP contribution >= 0.6 is 0 Å². The lowest BCUT2D eigenvalue weighted by atomic mass is 10.1. The summed E-state index contributed by atoms with van der Waals surface area (Å²) in [7, 11) is 1.61. The van der Waals surface area contributed by atoms with E-state index in [-0.39, 0.29) is 23.7 Å². The average Bonchev–Trinajstić information content (AvgIpc) is 3.49. The second kappa shape index (κ2) is 8.78. The van der Waals surface area contributed by atoms with Crippen LogP contribution in [0.1, 0.15) is 17.5 Å². The molecule has 148 valence electrons. The lowest BCUT2D eigenvalue weighted by Gasteiger charge is -2.10. The van der Waals surface area contributed by atoms with Gasteiger partial charge in [-0.1, -0.05) is 17.7 Å². The van der Waals surface area contributed by atoms with Crippen LogP contribution in [-0.2, 0) is 9.59 Å². The Bertz CT molecular complexity index is 848. The summed E-state index contributed by atoms with van der Waals surface area (Å²) in [6.45, 7) is 4.73. The van der Waals surface area contributed by atoms with Crippen molar-refractivity contribution in [3.05, 3.63) is 53.6 Å². The topological polar surface area (TPSA) is 76.7 Å². The Morgan fingerprint density at radius 3 is 2.36 bits per heavy atom. The molecule has 28 heavy (non-hydrogen) atoms. The van der Waals surface area contributed by atoms with Crippen LogP contribution in [0.5, 0.6) is 11.5 Å². The van der Waals surface area contributed by atoms with Crippen LogP contribution in [0.2, 0.25) is 0 Å². The molecule has 3 rings (SSSR count). The predicted molar refractivity (Wildman–Crippen MR) is 108 cm³/mol. The second-order valence-electron chi connectivity index (χ2n) is 7.07. The summed E-state index contributed by atoms with van der Waals surface area (Å²) >= 11 is 0. The Morgan fingerprint density at radius 1 is 1.00 bits per heavy atom. The number of benzene rings is 2. The smallest absolute Gasteiger partial charge is 0.228 e. The third-order valence-corrected chi connectivity index (χ3v) is 4.83. The van der Waals surface area contributed by atoms with Crippen molar-refractivity contribution in [2.75, 3.05) is 25.6 Å². The normalized spacial score (nSPS) is 17.5. The van der Waals surface area contributed by atoms with Crippen molar-refractivity contribution >= 4 is 17.5 Å². The Labute approximate surface area is 165 Å². The fourth-order valence-electron chi connectivity index (χ4n) is 3.10. The fourth-order valence-corrected chi connectivity index (χ4v) is 3.10. The molecule has 1 aliphatic carbocycles. The molecule has 0 aromatic heterocycles. The summed E-state index contributed by atoms with van der Waals surface area (Å²) in [5, 5.41) is 5.76. The van der Waals surface area contributed by atoms with Crippen molar-refractivity contribution < 1.29 is 19.1 Å². The van der Waals surface area contributed by atoms with E-state index in [1.165, 1.54) is 0 Å². The van der Waals surface area contributed by atoms with Crippen LogP contribution < -0.4 is 20.1 Å². The number of aryl methyl sites for hydroxylation is 2. The van der Waals surface area contributed by atoms with Gasteiger partial charge in [0.05, 0.1) is 25.5 Å². The number of ether oxygens (including phenoxy) is 2. The van der Waals surface area contributed by atoms with Crippen LogP contribution in [0.4, 0.5) is 5.69 Å². The number of amides is 2. The monoisotopic (exact) mass is 382 g/mol. The van der Waals surface area contributed by atoms with E-state index in [1.807, 2.05) is 56.3 Å². The van der Waals surface area contributed by atoms with E-state index >= 15 is 0 Å². The van der Waals surface area contributed by atoms with Crippen LogP contribution in [0, 0.1) is 25.7 Å². The summed E-state index contributed by atoms with van der Waals surface area (Å²) < 4.78 is 10.7. The third kappa shape index (κ3) is 5.03. The maximum atomic E-state index is 12.4. The zero-order valence-electron chi connectivity index (χ0n) is 16.5. The minimum atomic E-state index is -0.261. The highest BCUT2D eigenvalue weighted by Crippen LogP contribution is 2.39. The SMILES string of the molecule is COc1ccc(OCCNC(=O)C2CC2C(=O)Nc2ccc(C)cc2C)cc1. The van der Waals surface area contributed by atoms with Crippen molar-refractivity contribution in [3.63, 3.8) is 0 Å². The first-order chi connectivity index (χ1) is 13.5. The van der Waals surface area contributed by atoms with Gasteiger partial charge in [0.2, 0.25) is 11.8 Å². The molecule has 2 aromatic rings. The quantitative estimate of drug-likeness (QED) is 0.688. The molecule has 0 heterocycles. The first-order valence-electron chi connectivity index (χ1n) is 9.40. The van der Waals surface area contributed by atoms with Crippen molar-refractivity contribution in [2.45, 2.75) is 20.3 Å². The summed E-state index contributed by atoms with van der Waals surface area (Å²) in [6, 6.07) is 13.1. The number of carbonyl (C=O) groups is 2. The van der Waals surface area contributed by atoms with Crippen LogP contribution in [0.15, 0.2) is 42.5 Å². The summed E-state index contributed by atoms with van der Waals surface area (Å²) in [6.07, 6.45) is 0.585. The minimum absolute atomic E-state index is 0.0958. The molecule has 0 spiro atoms. The summed E-state index contributed by atoms with van der Waals surface area (Å²) in [5.41, 5.74) is 2.97. The molecule has 1 aliphatic rings. The molecule has 2 aromatic carbocycles.